The Hall–Kier alpha value is -2.95. The summed E-state index contributed by atoms with van der Waals surface area (Å²) in [6.07, 6.45) is 4.48. The average molecular weight is 426 g/mol. The van der Waals surface area contributed by atoms with Crippen molar-refractivity contribution in [2.24, 2.45) is 0 Å². The molecule has 4 nitrogen and oxygen atoms in total. The van der Waals surface area contributed by atoms with Gasteiger partial charge in [0.2, 0.25) is 0 Å². The van der Waals surface area contributed by atoms with Gasteiger partial charge in [-0.05, 0) is 74.4 Å². The van der Waals surface area contributed by atoms with E-state index in [2.05, 4.69) is 66.6 Å². The molecule has 4 heteroatoms. The number of aromatic nitrogens is 2. The number of hydrogen-bond acceptors (Lipinski definition) is 3. The summed E-state index contributed by atoms with van der Waals surface area (Å²) >= 11 is 0. The predicted molar refractivity (Wildman–Crippen MR) is 130 cm³/mol. The number of H-pyrrole nitrogens is 1. The summed E-state index contributed by atoms with van der Waals surface area (Å²) in [5.41, 5.74) is 7.76. The van der Waals surface area contributed by atoms with Crippen molar-refractivity contribution in [1.29, 1.82) is 0 Å². The molecule has 0 spiro atoms. The van der Waals surface area contributed by atoms with E-state index in [-0.39, 0.29) is 6.04 Å². The van der Waals surface area contributed by atoms with E-state index < -0.39 is 5.72 Å². The molecule has 2 atom stereocenters. The van der Waals surface area contributed by atoms with Crippen molar-refractivity contribution in [3.63, 3.8) is 0 Å². The molecule has 0 saturated heterocycles. The van der Waals surface area contributed by atoms with Gasteiger partial charge in [0.15, 0.2) is 0 Å². The molecule has 0 aliphatic heterocycles. The van der Waals surface area contributed by atoms with Crippen LogP contribution < -0.4 is 5.32 Å². The van der Waals surface area contributed by atoms with Gasteiger partial charge in [-0.2, -0.15) is 0 Å². The molecule has 2 unspecified atom stereocenters. The van der Waals surface area contributed by atoms with Gasteiger partial charge in [-0.1, -0.05) is 55.0 Å². The van der Waals surface area contributed by atoms with Crippen LogP contribution in [0.3, 0.4) is 0 Å². The van der Waals surface area contributed by atoms with Gasteiger partial charge in [-0.3, -0.25) is 5.32 Å². The number of nitrogens with one attached hydrogen (secondary N) is 2. The molecule has 3 aromatic carbocycles. The minimum Gasteiger partial charge on any atom is -0.372 e. The zero-order valence-electron chi connectivity index (χ0n) is 19.1. The summed E-state index contributed by atoms with van der Waals surface area (Å²) in [4.78, 5) is 8.31. The fourth-order valence-corrected chi connectivity index (χ4v) is 5.11. The van der Waals surface area contributed by atoms with Crippen molar-refractivity contribution in [2.75, 3.05) is 0 Å². The Bertz CT molecular complexity index is 1250. The van der Waals surface area contributed by atoms with E-state index in [4.69, 9.17) is 4.98 Å². The van der Waals surface area contributed by atoms with Crippen LogP contribution in [0.5, 0.6) is 0 Å². The molecule has 3 N–H and O–H groups in total. The fourth-order valence-electron chi connectivity index (χ4n) is 5.11. The molecule has 5 rings (SSSR count). The van der Waals surface area contributed by atoms with Crippen LogP contribution in [0.25, 0.3) is 22.4 Å². The van der Waals surface area contributed by atoms with Gasteiger partial charge in [0.1, 0.15) is 11.5 Å². The topological polar surface area (TPSA) is 60.9 Å². The molecule has 1 aliphatic rings. The highest BCUT2D eigenvalue weighted by Gasteiger charge is 2.29. The molecule has 1 aromatic heterocycles. The molecule has 0 fully saturated rings. The van der Waals surface area contributed by atoms with Crippen molar-refractivity contribution in [3.05, 3.63) is 88.5 Å². The molecule has 0 bridgehead atoms. The third kappa shape index (κ3) is 3.85. The number of rotatable bonds is 4. The van der Waals surface area contributed by atoms with Gasteiger partial charge in [-0.15, -0.1) is 0 Å². The van der Waals surface area contributed by atoms with E-state index in [1.807, 2.05) is 25.1 Å². The monoisotopic (exact) mass is 425 g/mol. The molecule has 1 aliphatic carbocycles. The van der Waals surface area contributed by atoms with E-state index in [1.165, 1.54) is 28.7 Å². The highest BCUT2D eigenvalue weighted by molar-refractivity contribution is 5.81. The van der Waals surface area contributed by atoms with Crippen molar-refractivity contribution >= 4 is 11.0 Å². The first-order valence-electron chi connectivity index (χ1n) is 11.6. The first-order chi connectivity index (χ1) is 15.4. The maximum Gasteiger partial charge on any atom is 0.139 e. The maximum atomic E-state index is 11.5. The minimum absolute atomic E-state index is 0.131. The zero-order valence-corrected chi connectivity index (χ0v) is 19.1. The van der Waals surface area contributed by atoms with Crippen LogP contribution in [-0.2, 0) is 12.1 Å². The van der Waals surface area contributed by atoms with Crippen molar-refractivity contribution in [1.82, 2.24) is 15.3 Å². The number of fused-ring (bicyclic) bond motifs is 2. The molecule has 32 heavy (non-hydrogen) atoms. The number of aromatic amines is 1. The van der Waals surface area contributed by atoms with Crippen LogP contribution in [0.1, 0.15) is 60.0 Å². The Morgan fingerprint density at radius 2 is 1.78 bits per heavy atom. The lowest BCUT2D eigenvalue weighted by molar-refractivity contribution is 0.00608. The van der Waals surface area contributed by atoms with E-state index in [0.29, 0.717) is 0 Å². The standard InChI is InChI=1S/C28H31N3O/c1-18-9-8-10-19(2)26(18)27-29-24-16-15-21(17-25(24)30-27)28(3,32)31-23-14-7-5-12-20-11-4-6-13-22(20)23/h4,6,8-11,13,15-17,23,31-32H,5,7,12,14H2,1-3H3,(H,29,30). The summed E-state index contributed by atoms with van der Waals surface area (Å²) in [5, 5.41) is 15.0. The Kier molecular flexibility index (Phi) is 5.36. The highest BCUT2D eigenvalue weighted by Crippen LogP contribution is 2.33. The number of aliphatic hydroxyl groups is 1. The van der Waals surface area contributed by atoms with Crippen LogP contribution in [0.15, 0.2) is 60.7 Å². The van der Waals surface area contributed by atoms with E-state index in [9.17, 15) is 5.11 Å². The van der Waals surface area contributed by atoms with E-state index in [1.54, 1.807) is 0 Å². The third-order valence-corrected chi connectivity index (χ3v) is 6.84. The Morgan fingerprint density at radius 1 is 1.00 bits per heavy atom. The first-order valence-corrected chi connectivity index (χ1v) is 11.6. The summed E-state index contributed by atoms with van der Waals surface area (Å²) in [7, 11) is 0. The lowest BCUT2D eigenvalue weighted by atomic mass is 9.96. The van der Waals surface area contributed by atoms with Gasteiger partial charge >= 0.3 is 0 Å². The number of imidazole rings is 1. The molecular weight excluding hydrogens is 394 g/mol. The van der Waals surface area contributed by atoms with Crippen molar-refractivity contribution in [3.8, 4) is 11.4 Å². The normalized spacial score (nSPS) is 18.2. The second kappa shape index (κ2) is 8.19. The quantitative estimate of drug-likeness (QED) is 0.275. The van der Waals surface area contributed by atoms with E-state index in [0.717, 1.165) is 47.2 Å². The molecule has 164 valence electrons. The SMILES string of the molecule is Cc1cccc(C)c1-c1nc2ccc(C(C)(O)NC3CCCCc4ccccc43)cc2[nH]1. The van der Waals surface area contributed by atoms with Gasteiger partial charge in [0, 0.05) is 17.2 Å². The number of nitrogens with zero attached hydrogens (tertiary/aromatic N) is 1. The summed E-state index contributed by atoms with van der Waals surface area (Å²) in [5.74, 6) is 0.873. The Balaban J connectivity index is 1.48. The molecular formula is C28H31N3O. The molecule has 0 radical (unpaired) electrons. The summed E-state index contributed by atoms with van der Waals surface area (Å²) in [6, 6.07) is 21.0. The second-order valence-corrected chi connectivity index (χ2v) is 9.30. The molecule has 4 aromatic rings. The Morgan fingerprint density at radius 3 is 2.59 bits per heavy atom. The predicted octanol–water partition coefficient (Wildman–Crippen LogP) is 6.07. The zero-order chi connectivity index (χ0) is 22.3. The Labute approximate surface area is 189 Å². The minimum atomic E-state index is -1.15. The van der Waals surface area contributed by atoms with Gasteiger partial charge < -0.3 is 10.1 Å². The first kappa shape index (κ1) is 20.9. The highest BCUT2D eigenvalue weighted by atomic mass is 16.3. The largest absolute Gasteiger partial charge is 0.372 e. The van der Waals surface area contributed by atoms with Gasteiger partial charge in [-0.25, -0.2) is 4.98 Å². The van der Waals surface area contributed by atoms with E-state index >= 15 is 0 Å². The van der Waals surface area contributed by atoms with Crippen LogP contribution in [0.4, 0.5) is 0 Å². The summed E-state index contributed by atoms with van der Waals surface area (Å²) in [6.45, 7) is 6.07. The molecule has 0 saturated carbocycles. The second-order valence-electron chi connectivity index (χ2n) is 9.30. The van der Waals surface area contributed by atoms with Gasteiger partial charge in [0.25, 0.3) is 0 Å². The maximum absolute atomic E-state index is 11.5. The molecule has 1 heterocycles. The fraction of sp³-hybridized carbons (Fsp3) is 0.321. The number of aryl methyl sites for hydroxylation is 3. The number of benzene rings is 3. The smallest absolute Gasteiger partial charge is 0.139 e. The van der Waals surface area contributed by atoms with Crippen LogP contribution in [0.2, 0.25) is 0 Å². The number of hydrogen-bond donors (Lipinski definition) is 3. The third-order valence-electron chi connectivity index (χ3n) is 6.84. The van der Waals surface area contributed by atoms with Gasteiger partial charge in [0.05, 0.1) is 11.0 Å². The lowest BCUT2D eigenvalue weighted by Gasteiger charge is -2.31. The average Bonchev–Trinajstić information content (AvgIpc) is 3.08. The van der Waals surface area contributed by atoms with Crippen LogP contribution >= 0.6 is 0 Å². The van der Waals surface area contributed by atoms with Crippen LogP contribution in [-0.4, -0.2) is 15.1 Å². The van der Waals surface area contributed by atoms with Crippen LogP contribution in [0, 0.1) is 13.8 Å². The summed E-state index contributed by atoms with van der Waals surface area (Å²) < 4.78 is 0. The lowest BCUT2D eigenvalue weighted by Crippen LogP contribution is -2.41. The van der Waals surface area contributed by atoms with Crippen molar-refractivity contribution < 1.29 is 5.11 Å². The van der Waals surface area contributed by atoms with Crippen molar-refractivity contribution in [2.45, 2.75) is 58.2 Å². The molecule has 0 amide bonds.